The molecule has 0 saturated carbocycles. The topological polar surface area (TPSA) is 50.4 Å². The quantitative estimate of drug-likeness (QED) is 0.374. The van der Waals surface area contributed by atoms with Crippen LogP contribution in [-0.4, -0.2) is 13.0 Å². The molecule has 0 aromatic rings. The van der Waals surface area contributed by atoms with E-state index in [1.54, 1.807) is 7.05 Å². The first-order valence-electron chi connectivity index (χ1n) is 3.68. The first-order valence-corrected chi connectivity index (χ1v) is 3.68. The summed E-state index contributed by atoms with van der Waals surface area (Å²) >= 11 is 0. The van der Waals surface area contributed by atoms with Crippen molar-refractivity contribution in [2.24, 2.45) is 10.7 Å². The highest BCUT2D eigenvalue weighted by Gasteiger charge is 1.87. The predicted octanol–water partition coefficient (Wildman–Crippen LogP) is 1.17. The van der Waals surface area contributed by atoms with Gasteiger partial charge in [0.05, 0.1) is 0 Å². The van der Waals surface area contributed by atoms with Crippen LogP contribution >= 0.6 is 0 Å². The minimum atomic E-state index is 0.366. The van der Waals surface area contributed by atoms with Crippen molar-refractivity contribution in [1.29, 1.82) is 0 Å². The van der Waals surface area contributed by atoms with E-state index in [4.69, 9.17) is 5.73 Å². The Morgan fingerprint density at radius 1 is 1.50 bits per heavy atom. The van der Waals surface area contributed by atoms with Crippen LogP contribution in [0.5, 0.6) is 0 Å². The van der Waals surface area contributed by atoms with Crippen LogP contribution in [0.25, 0.3) is 0 Å². The van der Waals surface area contributed by atoms with E-state index >= 15 is 0 Å². The van der Waals surface area contributed by atoms with E-state index < -0.39 is 0 Å². The van der Waals surface area contributed by atoms with E-state index in [-0.39, 0.29) is 0 Å². The zero-order valence-corrected chi connectivity index (χ0v) is 7.54. The highest BCUT2D eigenvalue weighted by Crippen LogP contribution is 1.86. The number of nitrogens with one attached hydrogen (secondary N) is 1. The summed E-state index contributed by atoms with van der Waals surface area (Å²) in [5, 5.41) is 2.80. The molecule has 0 saturated heterocycles. The normalized spacial score (nSPS) is 12.7. The minimum Gasteiger partial charge on any atom is -0.370 e. The molecule has 0 aliphatic heterocycles. The molecule has 0 bridgehead atoms. The van der Waals surface area contributed by atoms with Gasteiger partial charge in [0.15, 0.2) is 5.96 Å². The van der Waals surface area contributed by atoms with E-state index in [0.717, 1.165) is 5.70 Å². The lowest BCUT2D eigenvalue weighted by molar-refractivity contribution is 1.14. The number of guanidine groups is 1. The molecule has 0 aliphatic carbocycles. The Labute approximate surface area is 73.4 Å². The van der Waals surface area contributed by atoms with Crippen LogP contribution in [-0.2, 0) is 0 Å². The number of rotatable bonds is 3. The molecular formula is C9H15N3. The molecule has 0 amide bonds. The number of hydrogen-bond donors (Lipinski definition) is 2. The van der Waals surface area contributed by atoms with E-state index in [0.29, 0.717) is 5.96 Å². The lowest BCUT2D eigenvalue weighted by atomic mass is 10.4. The van der Waals surface area contributed by atoms with Crippen LogP contribution in [0.15, 0.2) is 41.6 Å². The van der Waals surface area contributed by atoms with Crippen LogP contribution in [0.2, 0.25) is 0 Å². The average molecular weight is 165 g/mol. The molecule has 66 valence electrons. The van der Waals surface area contributed by atoms with Crippen LogP contribution in [0.3, 0.4) is 0 Å². The van der Waals surface area contributed by atoms with Gasteiger partial charge in [-0.2, -0.15) is 0 Å². The zero-order chi connectivity index (χ0) is 9.40. The van der Waals surface area contributed by atoms with Crippen molar-refractivity contribution in [3.63, 3.8) is 0 Å². The average Bonchev–Trinajstić information content (AvgIpc) is 2.05. The summed E-state index contributed by atoms with van der Waals surface area (Å²) in [5.74, 6) is 0.366. The van der Waals surface area contributed by atoms with Crippen molar-refractivity contribution in [2.75, 3.05) is 7.05 Å². The third kappa shape index (κ3) is 5.29. The van der Waals surface area contributed by atoms with Gasteiger partial charge in [-0.3, -0.25) is 4.99 Å². The summed E-state index contributed by atoms with van der Waals surface area (Å²) in [7, 11) is 1.62. The summed E-state index contributed by atoms with van der Waals surface area (Å²) < 4.78 is 0. The van der Waals surface area contributed by atoms with Crippen molar-refractivity contribution in [2.45, 2.75) is 6.92 Å². The second-order valence-electron chi connectivity index (χ2n) is 2.14. The molecule has 0 fully saturated rings. The Balaban J connectivity index is 3.90. The molecule has 0 heterocycles. The number of aliphatic imine (C=N–C) groups is 1. The molecule has 0 spiro atoms. The predicted molar refractivity (Wildman–Crippen MR) is 53.8 cm³/mol. The highest BCUT2D eigenvalue weighted by molar-refractivity contribution is 5.79. The highest BCUT2D eigenvalue weighted by atomic mass is 15.1. The minimum absolute atomic E-state index is 0.366. The maximum absolute atomic E-state index is 5.40. The smallest absolute Gasteiger partial charge is 0.192 e. The van der Waals surface area contributed by atoms with Gasteiger partial charge in [0.2, 0.25) is 0 Å². The summed E-state index contributed by atoms with van der Waals surface area (Å²) in [6.45, 7) is 5.67. The first kappa shape index (κ1) is 10.5. The maximum atomic E-state index is 5.40. The van der Waals surface area contributed by atoms with Gasteiger partial charge >= 0.3 is 0 Å². The molecule has 3 N–H and O–H groups in total. The summed E-state index contributed by atoms with van der Waals surface area (Å²) in [4.78, 5) is 3.73. The van der Waals surface area contributed by atoms with Crippen molar-refractivity contribution < 1.29 is 0 Å². The Morgan fingerprint density at radius 3 is 2.67 bits per heavy atom. The monoisotopic (exact) mass is 165 g/mol. The van der Waals surface area contributed by atoms with Crippen molar-refractivity contribution in [1.82, 2.24) is 5.32 Å². The fraction of sp³-hybridized carbons (Fsp3) is 0.222. The lowest BCUT2D eigenvalue weighted by Gasteiger charge is -2.01. The van der Waals surface area contributed by atoms with Crippen molar-refractivity contribution in [3.05, 3.63) is 36.6 Å². The number of nitrogens with zero attached hydrogens (tertiary/aromatic N) is 1. The zero-order valence-electron chi connectivity index (χ0n) is 7.54. The molecule has 12 heavy (non-hydrogen) atoms. The van der Waals surface area contributed by atoms with Gasteiger partial charge in [-0.05, 0) is 13.0 Å². The van der Waals surface area contributed by atoms with Gasteiger partial charge in [0.1, 0.15) is 0 Å². The standard InChI is InChI=1S/C9H15N3/c1-4-5-6-7-8(2)12-9(10)11-3/h4-7H,2H2,1,3H3,(H3,10,11,12)/b5-4-,7-6-. The summed E-state index contributed by atoms with van der Waals surface area (Å²) in [5.41, 5.74) is 6.12. The second-order valence-corrected chi connectivity index (χ2v) is 2.14. The third-order valence-corrected chi connectivity index (χ3v) is 1.13. The fourth-order valence-corrected chi connectivity index (χ4v) is 0.545. The molecule has 0 aliphatic rings. The van der Waals surface area contributed by atoms with E-state index in [9.17, 15) is 0 Å². The van der Waals surface area contributed by atoms with Gasteiger partial charge in [-0.1, -0.05) is 24.8 Å². The molecule has 0 aromatic heterocycles. The fourth-order valence-electron chi connectivity index (χ4n) is 0.545. The molecule has 0 rings (SSSR count). The van der Waals surface area contributed by atoms with Crippen LogP contribution < -0.4 is 11.1 Å². The lowest BCUT2D eigenvalue weighted by Crippen LogP contribution is -2.29. The van der Waals surface area contributed by atoms with E-state index in [1.165, 1.54) is 0 Å². The molecule has 3 heteroatoms. The first-order chi connectivity index (χ1) is 5.70. The molecular weight excluding hydrogens is 150 g/mol. The Hall–Kier alpha value is -1.51. The van der Waals surface area contributed by atoms with Gasteiger partial charge in [-0.15, -0.1) is 0 Å². The van der Waals surface area contributed by atoms with E-state index in [2.05, 4.69) is 16.9 Å². The molecule has 0 unspecified atom stereocenters. The Morgan fingerprint density at radius 2 is 2.17 bits per heavy atom. The summed E-state index contributed by atoms with van der Waals surface area (Å²) in [6, 6.07) is 0. The van der Waals surface area contributed by atoms with Gasteiger partial charge in [-0.25, -0.2) is 0 Å². The maximum Gasteiger partial charge on any atom is 0.192 e. The third-order valence-electron chi connectivity index (χ3n) is 1.13. The molecule has 3 nitrogen and oxygen atoms in total. The molecule has 0 radical (unpaired) electrons. The number of allylic oxidation sites excluding steroid dienone is 4. The summed E-state index contributed by atoms with van der Waals surface area (Å²) in [6.07, 6.45) is 7.53. The molecule has 0 aromatic carbocycles. The van der Waals surface area contributed by atoms with Gasteiger partial charge in [0, 0.05) is 12.7 Å². The van der Waals surface area contributed by atoms with Crippen LogP contribution in [0, 0.1) is 0 Å². The Kier molecular flexibility index (Phi) is 5.43. The van der Waals surface area contributed by atoms with Crippen molar-refractivity contribution >= 4 is 5.96 Å². The number of nitrogens with two attached hydrogens (primary N) is 1. The van der Waals surface area contributed by atoms with Gasteiger partial charge < -0.3 is 11.1 Å². The SMILES string of the molecule is C=C(/C=C\C=C/C)NC(N)=NC. The number of hydrogen-bond acceptors (Lipinski definition) is 1. The molecule has 0 atom stereocenters. The van der Waals surface area contributed by atoms with Crippen molar-refractivity contribution in [3.8, 4) is 0 Å². The van der Waals surface area contributed by atoms with Crippen LogP contribution in [0.4, 0.5) is 0 Å². The van der Waals surface area contributed by atoms with Gasteiger partial charge in [0.25, 0.3) is 0 Å². The van der Waals surface area contributed by atoms with E-state index in [1.807, 2.05) is 31.2 Å². The van der Waals surface area contributed by atoms with Crippen LogP contribution in [0.1, 0.15) is 6.92 Å². The second kappa shape index (κ2) is 6.22. The largest absolute Gasteiger partial charge is 0.370 e. The Bertz CT molecular complexity index is 224.